The Labute approximate surface area is 77.4 Å². The minimum absolute atomic E-state index is 0.0408. The van der Waals surface area contributed by atoms with E-state index in [4.69, 9.17) is 9.76 Å². The van der Waals surface area contributed by atoms with Crippen molar-refractivity contribution in [3.63, 3.8) is 0 Å². The molecule has 72 valence electrons. The van der Waals surface area contributed by atoms with Gasteiger partial charge in [0.05, 0.1) is 12.5 Å². The van der Waals surface area contributed by atoms with Crippen molar-refractivity contribution < 1.29 is 19.6 Å². The van der Waals surface area contributed by atoms with Crippen LogP contribution in [0, 0.1) is 0 Å². The predicted octanol–water partition coefficient (Wildman–Crippen LogP) is 0.677. The first kappa shape index (κ1) is 10.3. The summed E-state index contributed by atoms with van der Waals surface area (Å²) in [6.45, 7) is 3.56. The van der Waals surface area contributed by atoms with Crippen molar-refractivity contribution in [1.29, 1.82) is 0 Å². The molecule has 0 radical (unpaired) electrons. The number of aliphatic carboxylic acids is 1. The van der Waals surface area contributed by atoms with Crippen LogP contribution in [0.5, 0.6) is 0 Å². The molecule has 0 aromatic carbocycles. The molecule has 1 saturated heterocycles. The van der Waals surface area contributed by atoms with E-state index < -0.39 is 13.1 Å². The quantitative estimate of drug-likeness (QED) is 0.499. The number of carbonyl (C=O) groups is 1. The maximum absolute atomic E-state index is 10.3. The van der Waals surface area contributed by atoms with E-state index in [2.05, 4.69) is 6.58 Å². The van der Waals surface area contributed by atoms with Gasteiger partial charge in [-0.2, -0.15) is 0 Å². The van der Waals surface area contributed by atoms with E-state index >= 15 is 0 Å². The Bertz CT molecular complexity index is 206. The molecule has 1 unspecified atom stereocenters. The third-order valence-corrected chi connectivity index (χ3v) is 2.23. The van der Waals surface area contributed by atoms with Crippen LogP contribution in [0.25, 0.3) is 0 Å². The van der Waals surface area contributed by atoms with Crippen LogP contribution in [0.1, 0.15) is 19.3 Å². The highest BCUT2D eigenvalue weighted by atomic mass is 16.5. The molecule has 1 aliphatic heterocycles. The molecule has 0 saturated carbocycles. The standard InChI is InChI=1S/C8H13BO4/c1-2-6-3-4-7(5-8(10)11)13-9(6)12/h2,6-7,12H,1,3-5H2,(H,10,11)/t6-,7?/m0/s1. The molecule has 1 heterocycles. The summed E-state index contributed by atoms with van der Waals surface area (Å²) in [6, 6.07) is 0. The van der Waals surface area contributed by atoms with Gasteiger partial charge < -0.3 is 14.8 Å². The van der Waals surface area contributed by atoms with Crippen LogP contribution in [0.2, 0.25) is 5.82 Å². The van der Waals surface area contributed by atoms with Gasteiger partial charge in [-0.15, -0.1) is 6.58 Å². The van der Waals surface area contributed by atoms with E-state index in [9.17, 15) is 9.82 Å². The SMILES string of the molecule is C=C[C@H]1CCC(CC(=O)O)OB1O. The van der Waals surface area contributed by atoms with E-state index in [0.717, 1.165) is 6.42 Å². The van der Waals surface area contributed by atoms with Crippen LogP contribution in [-0.2, 0) is 9.45 Å². The van der Waals surface area contributed by atoms with Gasteiger partial charge in [0.1, 0.15) is 0 Å². The fourth-order valence-corrected chi connectivity index (χ4v) is 1.47. The molecule has 0 aromatic heterocycles. The molecule has 0 bridgehead atoms. The van der Waals surface area contributed by atoms with Gasteiger partial charge in [-0.3, -0.25) is 4.79 Å². The highest BCUT2D eigenvalue weighted by molar-refractivity contribution is 6.45. The number of carboxylic acid groups (broad SMARTS) is 1. The summed E-state index contributed by atoms with van der Waals surface area (Å²) in [5.41, 5.74) is 0. The van der Waals surface area contributed by atoms with Crippen LogP contribution < -0.4 is 0 Å². The highest BCUT2D eigenvalue weighted by Crippen LogP contribution is 2.28. The highest BCUT2D eigenvalue weighted by Gasteiger charge is 2.33. The lowest BCUT2D eigenvalue weighted by Gasteiger charge is -2.28. The number of hydrogen-bond acceptors (Lipinski definition) is 3. The van der Waals surface area contributed by atoms with Gasteiger partial charge >= 0.3 is 13.1 Å². The molecule has 2 atom stereocenters. The largest absolute Gasteiger partial charge is 0.481 e. The molecule has 0 aromatic rings. The summed E-state index contributed by atoms with van der Waals surface area (Å²) >= 11 is 0. The van der Waals surface area contributed by atoms with Crippen LogP contribution in [0.15, 0.2) is 12.7 Å². The van der Waals surface area contributed by atoms with E-state index in [1.165, 1.54) is 0 Å². The lowest BCUT2D eigenvalue weighted by Crippen LogP contribution is -2.36. The molecule has 0 aliphatic carbocycles. The summed E-state index contributed by atoms with van der Waals surface area (Å²) in [5.74, 6) is -0.959. The number of carboxylic acids is 1. The summed E-state index contributed by atoms with van der Waals surface area (Å²) in [5, 5.41) is 17.9. The number of allylic oxidation sites excluding steroid dienone is 1. The third kappa shape index (κ3) is 2.86. The lowest BCUT2D eigenvalue weighted by atomic mass is 9.67. The van der Waals surface area contributed by atoms with Crippen molar-refractivity contribution in [3.8, 4) is 0 Å². The lowest BCUT2D eigenvalue weighted by molar-refractivity contribution is -0.139. The van der Waals surface area contributed by atoms with Crippen molar-refractivity contribution in [1.82, 2.24) is 0 Å². The molecule has 2 N–H and O–H groups in total. The monoisotopic (exact) mass is 184 g/mol. The molecular weight excluding hydrogens is 171 g/mol. The van der Waals surface area contributed by atoms with Crippen molar-refractivity contribution in [2.24, 2.45) is 0 Å². The predicted molar refractivity (Wildman–Crippen MR) is 48.3 cm³/mol. The van der Waals surface area contributed by atoms with E-state index in [-0.39, 0.29) is 18.3 Å². The molecule has 1 aliphatic rings. The summed E-state index contributed by atoms with van der Waals surface area (Å²) in [6.07, 6.45) is 2.65. The van der Waals surface area contributed by atoms with Crippen LogP contribution in [0.4, 0.5) is 0 Å². The van der Waals surface area contributed by atoms with Crippen molar-refractivity contribution in [2.75, 3.05) is 0 Å². The Hall–Kier alpha value is -0.805. The normalized spacial score (nSPS) is 28.5. The average Bonchev–Trinajstić information content (AvgIpc) is 2.03. The average molecular weight is 184 g/mol. The Kier molecular flexibility index (Phi) is 3.51. The first-order valence-electron chi connectivity index (χ1n) is 4.31. The molecule has 4 nitrogen and oxygen atoms in total. The fraction of sp³-hybridized carbons (Fsp3) is 0.625. The minimum atomic E-state index is -0.894. The first-order chi connectivity index (χ1) is 6.13. The zero-order chi connectivity index (χ0) is 9.84. The van der Waals surface area contributed by atoms with E-state index in [0.29, 0.717) is 6.42 Å². The maximum atomic E-state index is 10.3. The van der Waals surface area contributed by atoms with Crippen molar-refractivity contribution in [2.45, 2.75) is 31.2 Å². The second-order valence-electron chi connectivity index (χ2n) is 3.22. The molecule has 5 heteroatoms. The van der Waals surface area contributed by atoms with Gasteiger partial charge in [-0.1, -0.05) is 6.08 Å². The van der Waals surface area contributed by atoms with Crippen LogP contribution in [-0.4, -0.2) is 29.3 Å². The Morgan fingerprint density at radius 2 is 2.38 bits per heavy atom. The molecule has 13 heavy (non-hydrogen) atoms. The molecule has 1 rings (SSSR count). The van der Waals surface area contributed by atoms with Gasteiger partial charge in [-0.05, 0) is 12.8 Å². The van der Waals surface area contributed by atoms with Gasteiger partial charge in [-0.25, -0.2) is 0 Å². The smallest absolute Gasteiger partial charge is 0.461 e. The van der Waals surface area contributed by atoms with Gasteiger partial charge in [0, 0.05) is 5.82 Å². The number of hydrogen-bond donors (Lipinski definition) is 2. The maximum Gasteiger partial charge on any atom is 0.461 e. The Morgan fingerprint density at radius 1 is 1.69 bits per heavy atom. The zero-order valence-corrected chi connectivity index (χ0v) is 7.35. The molecule has 0 spiro atoms. The number of rotatable bonds is 3. The Balaban J connectivity index is 2.40. The second-order valence-corrected chi connectivity index (χ2v) is 3.22. The van der Waals surface area contributed by atoms with Crippen molar-refractivity contribution >= 4 is 13.1 Å². The minimum Gasteiger partial charge on any atom is -0.481 e. The van der Waals surface area contributed by atoms with Crippen LogP contribution >= 0.6 is 0 Å². The summed E-state index contributed by atoms with van der Waals surface area (Å²) < 4.78 is 5.10. The van der Waals surface area contributed by atoms with E-state index in [1.54, 1.807) is 6.08 Å². The molecule has 0 amide bonds. The topological polar surface area (TPSA) is 66.8 Å². The van der Waals surface area contributed by atoms with Gasteiger partial charge in [0.25, 0.3) is 0 Å². The second kappa shape index (κ2) is 4.44. The Morgan fingerprint density at radius 3 is 2.85 bits per heavy atom. The summed E-state index contributed by atoms with van der Waals surface area (Å²) in [4.78, 5) is 10.3. The summed E-state index contributed by atoms with van der Waals surface area (Å²) in [7, 11) is -0.893. The first-order valence-corrected chi connectivity index (χ1v) is 4.31. The van der Waals surface area contributed by atoms with E-state index in [1.807, 2.05) is 0 Å². The van der Waals surface area contributed by atoms with Crippen LogP contribution in [0.3, 0.4) is 0 Å². The van der Waals surface area contributed by atoms with Gasteiger partial charge in [0.2, 0.25) is 0 Å². The molecule has 1 fully saturated rings. The third-order valence-electron chi connectivity index (χ3n) is 2.23. The zero-order valence-electron chi connectivity index (χ0n) is 7.35. The van der Waals surface area contributed by atoms with Crippen molar-refractivity contribution in [3.05, 3.63) is 12.7 Å². The molecular formula is C8H13BO4. The fourth-order valence-electron chi connectivity index (χ4n) is 1.47. The van der Waals surface area contributed by atoms with Gasteiger partial charge in [0.15, 0.2) is 0 Å².